The number of fused-ring (bicyclic) bond motifs is 12. The molecular formula is C82H111N13O17S2. The van der Waals surface area contributed by atoms with Gasteiger partial charge in [0.15, 0.2) is 11.6 Å². The lowest BCUT2D eigenvalue weighted by Gasteiger charge is -2.33. The van der Waals surface area contributed by atoms with Gasteiger partial charge < -0.3 is 84.3 Å². The van der Waals surface area contributed by atoms with E-state index in [1.165, 1.54) is 73.8 Å². The number of hydrogen-bond acceptors (Lipinski definition) is 20. The van der Waals surface area contributed by atoms with Crippen LogP contribution in [0.3, 0.4) is 0 Å². The first-order valence-corrected chi connectivity index (χ1v) is 41.5. The summed E-state index contributed by atoms with van der Waals surface area (Å²) in [6, 6.07) is 9.63. The van der Waals surface area contributed by atoms with Crippen molar-refractivity contribution in [2.24, 2.45) is 28.9 Å². The van der Waals surface area contributed by atoms with E-state index in [9.17, 15) is 58.8 Å². The summed E-state index contributed by atoms with van der Waals surface area (Å²) < 4.78 is 0. The molecule has 17 N–H and O–H groups in total. The Bertz CT molecular complexity index is 4170. The summed E-state index contributed by atoms with van der Waals surface area (Å²) in [4.78, 5) is 198. The average molecular weight is 1610 g/mol. The highest BCUT2D eigenvalue weighted by atomic mass is 32.2. The Morgan fingerprint density at radius 2 is 1.18 bits per heavy atom. The third-order valence-electron chi connectivity index (χ3n) is 20.8. The second-order valence-corrected chi connectivity index (χ2v) is 33.2. The number of aromatic amines is 1. The van der Waals surface area contributed by atoms with Gasteiger partial charge in [-0.25, -0.2) is 4.98 Å². The quantitative estimate of drug-likeness (QED) is 0.0843. The molecule has 0 spiro atoms. The van der Waals surface area contributed by atoms with Crippen LogP contribution in [-0.4, -0.2) is 192 Å². The summed E-state index contributed by atoms with van der Waals surface area (Å²) in [5.41, 5.74) is 8.61. The number of primary amides is 1. The van der Waals surface area contributed by atoms with Gasteiger partial charge in [-0.2, -0.15) is 23.5 Å². The number of amides is 11. The highest BCUT2D eigenvalue weighted by molar-refractivity contribution is 7.98. The fourth-order valence-corrected chi connectivity index (χ4v) is 16.3. The Morgan fingerprint density at radius 1 is 0.570 bits per heavy atom. The number of Topliss-reactive ketones (excluding diaryl/α,β-unsaturated/α-hetero) is 2. The van der Waals surface area contributed by atoms with Gasteiger partial charge in [0, 0.05) is 91.8 Å². The number of phenolic OH excluding ortho intramolecular Hbond substituents is 2. The molecule has 32 heteroatoms. The zero-order valence-electron chi connectivity index (χ0n) is 65.5. The first kappa shape index (κ1) is 89.6. The number of nitrogens with zero attached hydrogens (tertiary/aromatic N) is 1. The van der Waals surface area contributed by atoms with Crippen molar-refractivity contribution in [3.05, 3.63) is 125 Å². The number of aromatic nitrogens is 2. The maximum Gasteiger partial charge on any atom is 0.245 e. The Hall–Kier alpha value is -9.92. The third-order valence-corrected chi connectivity index (χ3v) is 23.0. The summed E-state index contributed by atoms with van der Waals surface area (Å²) in [7, 11) is 0. The normalized spacial score (nSPS) is 25.5. The second-order valence-electron chi connectivity index (χ2n) is 31.1. The number of nitrogens with two attached hydrogens (primary N) is 1. The lowest BCUT2D eigenvalue weighted by molar-refractivity contribution is -0.138. The van der Waals surface area contributed by atoms with E-state index in [0.717, 1.165) is 17.5 Å². The highest BCUT2D eigenvalue weighted by Gasteiger charge is 2.42. The summed E-state index contributed by atoms with van der Waals surface area (Å²) in [5.74, 6) is -12.7. The largest absolute Gasteiger partial charge is 0.508 e. The molecule has 1 aliphatic carbocycles. The van der Waals surface area contributed by atoms with Crippen LogP contribution in [0, 0.1) is 23.2 Å². The van der Waals surface area contributed by atoms with Gasteiger partial charge in [0.1, 0.15) is 59.4 Å². The SMILES string of the molecule is CCC[C@@H]1NC(=O)[C@H](Cc2c[nH]c3ncccc23)NC(=O)[C@@H]([C@@H](C)O)CC(=O)[C@@H]2CCCCC(=O)NCC[C@H](NC1=O)C(=O)N[C@@H](Cc1ccc(O)cc1)C(=O)N[C@@H](C1CCCCC1)C(=O)N[C@@H]([C@@H](C)O)C(=O)N[C@H](C(N)=O)CSCc1cccc(c1)CSCCC(=O)N[C@@H](C(C)(C)C)C(=O)C[C@@H](Cc1ccc(O)cc1)C(=O)N2. The Labute approximate surface area is 672 Å². The van der Waals surface area contributed by atoms with Gasteiger partial charge >= 0.3 is 0 Å². The molecular weight excluding hydrogens is 1500 g/mol. The van der Waals surface area contributed by atoms with Crippen LogP contribution in [0.25, 0.3) is 11.0 Å². The standard InChI is InChI=1S/C82H111N13O17S2/c1-7-15-60-76(107)89-61-31-34-84-67(102)22-12-11-21-59(65(100)41-58(46(2)96)75(106)90-63(78(109)88-60)39-54-42-86-73-57(54)20-14-33-85-73)87-74(105)53(37-48-23-27-55(98)28-24-48)40-66(101)71(82(4,5)6)93-68(103)32-35-113-43-50-16-13-17-51(36-50)44-114-45-64(72(83)104)92-80(111)69(47(3)97)94-81(112)70(52-18-9-8-10-19-52)95-79(110)62(91-77(61)108)38-49-25-29-56(99)30-26-49/h13-14,16-17,20,23-30,33,36,42,46-47,52-53,58-64,69-71,96-99H,7-12,15,18-19,21-22,31-32,34-35,37-41,43-45H2,1-6H3,(H2,83,104)(H,84,102)(H,85,86)(H,87,105)(H,88,109)(H,89,107)(H,90,106)(H,91,108)(H,92,111)(H,93,103)(H,94,112)(H,95,110)/t46-,47-,53-,58-,59+,60+,61+,62+,63+,64+,69+,70+,71-/m1/s1. The molecule has 2 fully saturated rings. The van der Waals surface area contributed by atoms with Crippen LogP contribution in [0.5, 0.6) is 11.5 Å². The number of pyridine rings is 1. The molecule has 0 radical (unpaired) electrons. The summed E-state index contributed by atoms with van der Waals surface area (Å²) in [5, 5.41) is 71.5. The van der Waals surface area contributed by atoms with E-state index >= 15 is 24.0 Å². The van der Waals surface area contributed by atoms with Gasteiger partial charge in [-0.15, -0.1) is 0 Å². The van der Waals surface area contributed by atoms with E-state index in [0.29, 0.717) is 70.7 Å². The number of carbonyl (C=O) groups excluding carboxylic acids is 13. The van der Waals surface area contributed by atoms with Crippen molar-refractivity contribution in [2.45, 2.75) is 235 Å². The molecule has 114 heavy (non-hydrogen) atoms. The van der Waals surface area contributed by atoms with Crippen LogP contribution in [0.4, 0.5) is 0 Å². The summed E-state index contributed by atoms with van der Waals surface area (Å²) >= 11 is 2.74. The van der Waals surface area contributed by atoms with Crippen LogP contribution in [0.15, 0.2) is 97.3 Å². The van der Waals surface area contributed by atoms with Crippen LogP contribution in [-0.2, 0) is 93.1 Å². The number of aromatic hydroxyl groups is 2. The fourth-order valence-electron chi connectivity index (χ4n) is 14.4. The zero-order chi connectivity index (χ0) is 82.8. The maximum absolute atomic E-state index is 15.3. The maximum atomic E-state index is 15.3. The Balaban J connectivity index is 1.19. The molecule has 0 unspecified atom stereocenters. The molecule has 4 heterocycles. The first-order valence-electron chi connectivity index (χ1n) is 39.2. The number of thioether (sulfide) groups is 2. The van der Waals surface area contributed by atoms with Crippen LogP contribution in [0.1, 0.15) is 166 Å². The van der Waals surface area contributed by atoms with E-state index in [1.54, 1.807) is 64.4 Å². The Kier molecular flexibility index (Phi) is 34.2. The number of benzene rings is 3. The van der Waals surface area contributed by atoms with E-state index in [4.69, 9.17) is 5.73 Å². The molecule has 30 nitrogen and oxygen atoms in total. The smallest absolute Gasteiger partial charge is 0.245 e. The molecule has 13 atom stereocenters. The number of aliphatic hydroxyl groups is 2. The number of aliphatic hydroxyl groups excluding tert-OH is 2. The van der Waals surface area contributed by atoms with Crippen molar-refractivity contribution >= 4 is 111 Å². The monoisotopic (exact) mass is 1610 g/mol. The minimum atomic E-state index is -1.69. The van der Waals surface area contributed by atoms with E-state index in [-0.39, 0.29) is 94.4 Å². The lowest BCUT2D eigenvalue weighted by atomic mass is 9.80. The van der Waals surface area contributed by atoms with Gasteiger partial charge in [0.25, 0.3) is 0 Å². The van der Waals surface area contributed by atoms with Gasteiger partial charge in [0.05, 0.1) is 30.2 Å². The molecule has 8 rings (SSSR count). The van der Waals surface area contributed by atoms with Crippen LogP contribution >= 0.6 is 23.5 Å². The van der Waals surface area contributed by atoms with Crippen molar-refractivity contribution in [1.29, 1.82) is 0 Å². The molecule has 4 bridgehead atoms. The summed E-state index contributed by atoms with van der Waals surface area (Å²) in [6.07, 6.45) is 0.985. The van der Waals surface area contributed by atoms with Crippen LogP contribution in [0.2, 0.25) is 0 Å². The number of nitrogens with one attached hydrogen (secondary N) is 11. The zero-order valence-corrected chi connectivity index (χ0v) is 67.2. The third kappa shape index (κ3) is 27.4. The minimum absolute atomic E-state index is 0.00209. The van der Waals surface area contributed by atoms with Gasteiger partial charge in [-0.3, -0.25) is 62.3 Å². The van der Waals surface area contributed by atoms with E-state index < -0.39 is 179 Å². The number of carbonyl (C=O) groups is 13. The topological polar surface area (TPSA) is 478 Å². The average Bonchev–Trinajstić information content (AvgIpc) is 1.20. The molecule has 2 aromatic heterocycles. The highest BCUT2D eigenvalue weighted by Crippen LogP contribution is 2.30. The fraction of sp³-hybridized carbons (Fsp3) is 0.537. The molecule has 618 valence electrons. The summed E-state index contributed by atoms with van der Waals surface area (Å²) in [6.45, 7) is 9.29. The van der Waals surface area contributed by atoms with Crippen molar-refractivity contribution in [3.63, 3.8) is 0 Å². The molecule has 3 aliphatic rings. The Morgan fingerprint density at radius 3 is 1.83 bits per heavy atom. The number of phenols is 2. The lowest BCUT2D eigenvalue weighted by Crippen LogP contribution is -2.63. The number of hydrogen-bond donors (Lipinski definition) is 16. The molecule has 2 aliphatic heterocycles. The molecule has 5 aromatic rings. The first-order chi connectivity index (χ1) is 54.3. The number of ketones is 2. The molecule has 1 saturated carbocycles. The second kappa shape index (κ2) is 43.5. The molecule has 11 amide bonds. The van der Waals surface area contributed by atoms with Crippen molar-refractivity contribution < 1.29 is 82.8 Å². The van der Waals surface area contributed by atoms with Gasteiger partial charge in [-0.1, -0.05) is 108 Å². The number of rotatable bonds is 12. The van der Waals surface area contributed by atoms with Gasteiger partial charge in [-0.05, 0) is 134 Å². The van der Waals surface area contributed by atoms with E-state index in [2.05, 4.69) is 63.1 Å². The van der Waals surface area contributed by atoms with Crippen molar-refractivity contribution in [2.75, 3.05) is 18.1 Å². The molecule has 1 saturated heterocycles. The number of H-pyrrole nitrogens is 1. The minimum Gasteiger partial charge on any atom is -0.508 e. The van der Waals surface area contributed by atoms with E-state index in [1.807, 2.05) is 24.3 Å². The van der Waals surface area contributed by atoms with Crippen molar-refractivity contribution in [1.82, 2.24) is 63.1 Å². The predicted molar refractivity (Wildman–Crippen MR) is 430 cm³/mol. The van der Waals surface area contributed by atoms with Crippen LogP contribution < -0.4 is 58.9 Å². The van der Waals surface area contributed by atoms with Gasteiger partial charge in [0.2, 0.25) is 65.0 Å². The van der Waals surface area contributed by atoms with Crippen molar-refractivity contribution in [3.8, 4) is 11.5 Å². The predicted octanol–water partition coefficient (Wildman–Crippen LogP) is 3.84. The molecule has 3 aromatic carbocycles.